The van der Waals surface area contributed by atoms with Crippen LogP contribution in [0.2, 0.25) is 5.02 Å². The molecule has 0 saturated carbocycles. The third-order valence-electron chi connectivity index (χ3n) is 2.71. The maximum atomic E-state index is 12.5. The number of ether oxygens (including phenoxy) is 2. The van der Waals surface area contributed by atoms with Gasteiger partial charge in [0.2, 0.25) is 0 Å². The van der Waals surface area contributed by atoms with E-state index in [9.17, 15) is 9.59 Å². The minimum atomic E-state index is -0.730. The monoisotopic (exact) mass is 324 g/mol. The summed E-state index contributed by atoms with van der Waals surface area (Å²) in [5, 5.41) is 0.602. The van der Waals surface area contributed by atoms with Gasteiger partial charge in [0.05, 0.1) is 11.6 Å². The number of esters is 1. The molecule has 0 atom stereocenters. The van der Waals surface area contributed by atoms with Gasteiger partial charge in [0.1, 0.15) is 5.60 Å². The van der Waals surface area contributed by atoms with Crippen LogP contribution < -0.4 is 0 Å². The van der Waals surface area contributed by atoms with Crippen molar-refractivity contribution in [2.45, 2.75) is 33.3 Å². The van der Waals surface area contributed by atoms with E-state index in [-0.39, 0.29) is 23.0 Å². The molecule has 0 aliphatic carbocycles. The first kappa shape index (κ1) is 16.3. The maximum Gasteiger partial charge on any atom is 0.421 e. The molecule has 0 bridgehead atoms. The van der Waals surface area contributed by atoms with Crippen molar-refractivity contribution in [3.8, 4) is 0 Å². The Balaban J connectivity index is 2.66. The first-order valence-electron chi connectivity index (χ1n) is 6.81. The molecule has 22 heavy (non-hydrogen) atoms. The van der Waals surface area contributed by atoms with Crippen LogP contribution in [0.25, 0.3) is 11.0 Å². The second-order valence-corrected chi connectivity index (χ2v) is 5.95. The number of aromatic nitrogens is 2. The van der Waals surface area contributed by atoms with E-state index in [1.165, 1.54) is 6.20 Å². The van der Waals surface area contributed by atoms with Crippen molar-refractivity contribution < 1.29 is 19.1 Å². The van der Waals surface area contributed by atoms with Gasteiger partial charge in [-0.25, -0.2) is 19.1 Å². The van der Waals surface area contributed by atoms with Crippen LogP contribution in [0.3, 0.4) is 0 Å². The number of hydrogen-bond donors (Lipinski definition) is 0. The first-order chi connectivity index (χ1) is 10.3. The fourth-order valence-corrected chi connectivity index (χ4v) is 2.25. The fraction of sp³-hybridized carbons (Fsp3) is 0.400. The molecule has 2 aromatic heterocycles. The van der Waals surface area contributed by atoms with Crippen molar-refractivity contribution in [1.29, 1.82) is 0 Å². The van der Waals surface area contributed by atoms with Crippen LogP contribution >= 0.6 is 11.6 Å². The van der Waals surface area contributed by atoms with Crippen LogP contribution in [0.1, 0.15) is 38.2 Å². The van der Waals surface area contributed by atoms with Crippen molar-refractivity contribution in [2.24, 2.45) is 0 Å². The highest BCUT2D eigenvalue weighted by atomic mass is 35.5. The summed E-state index contributed by atoms with van der Waals surface area (Å²) in [6, 6.07) is 3.34. The molecular weight excluding hydrogens is 308 g/mol. The Kier molecular flexibility index (Phi) is 4.42. The first-order valence-corrected chi connectivity index (χ1v) is 7.19. The molecule has 0 unspecified atom stereocenters. The van der Waals surface area contributed by atoms with Crippen LogP contribution in [-0.2, 0) is 9.47 Å². The van der Waals surface area contributed by atoms with Crippen LogP contribution in [0.5, 0.6) is 0 Å². The zero-order valence-corrected chi connectivity index (χ0v) is 13.6. The van der Waals surface area contributed by atoms with Gasteiger partial charge in [-0.2, -0.15) is 0 Å². The Morgan fingerprint density at radius 1 is 1.36 bits per heavy atom. The van der Waals surface area contributed by atoms with E-state index in [0.29, 0.717) is 5.39 Å². The molecule has 0 aliphatic rings. The average molecular weight is 325 g/mol. The maximum absolute atomic E-state index is 12.5. The fourth-order valence-electron chi connectivity index (χ4n) is 1.94. The standard InChI is InChI=1S/C15H17ClN2O4/c1-5-21-13(19)11-10(16)9-7-6-8-17-12(9)18(11)14(20)22-15(2,3)4/h6-8H,5H2,1-4H3. The van der Waals surface area contributed by atoms with E-state index in [1.54, 1.807) is 39.8 Å². The van der Waals surface area contributed by atoms with E-state index in [2.05, 4.69) is 4.98 Å². The molecule has 2 heterocycles. The second-order valence-electron chi connectivity index (χ2n) is 5.57. The van der Waals surface area contributed by atoms with E-state index in [4.69, 9.17) is 21.1 Å². The predicted octanol–water partition coefficient (Wildman–Crippen LogP) is 3.65. The van der Waals surface area contributed by atoms with Gasteiger partial charge in [-0.1, -0.05) is 11.6 Å². The summed E-state index contributed by atoms with van der Waals surface area (Å²) >= 11 is 6.24. The molecule has 7 heteroatoms. The lowest BCUT2D eigenvalue weighted by Crippen LogP contribution is -2.29. The van der Waals surface area contributed by atoms with Gasteiger partial charge in [0.25, 0.3) is 0 Å². The highest BCUT2D eigenvalue weighted by Gasteiger charge is 2.30. The van der Waals surface area contributed by atoms with Crippen molar-refractivity contribution in [1.82, 2.24) is 9.55 Å². The Morgan fingerprint density at radius 3 is 2.64 bits per heavy atom. The average Bonchev–Trinajstić information content (AvgIpc) is 2.71. The minimum Gasteiger partial charge on any atom is -0.461 e. The smallest absolute Gasteiger partial charge is 0.421 e. The largest absolute Gasteiger partial charge is 0.461 e. The summed E-state index contributed by atoms with van der Waals surface area (Å²) in [5.41, 5.74) is -0.544. The molecule has 0 radical (unpaired) electrons. The lowest BCUT2D eigenvalue weighted by Gasteiger charge is -2.20. The number of pyridine rings is 1. The third-order valence-corrected chi connectivity index (χ3v) is 3.09. The van der Waals surface area contributed by atoms with Crippen LogP contribution in [0.4, 0.5) is 4.79 Å². The molecule has 2 aromatic rings. The molecule has 0 aliphatic heterocycles. The van der Waals surface area contributed by atoms with E-state index in [1.807, 2.05) is 0 Å². The summed E-state index contributed by atoms with van der Waals surface area (Å²) in [7, 11) is 0. The number of carbonyl (C=O) groups is 2. The van der Waals surface area contributed by atoms with Gasteiger partial charge in [-0.05, 0) is 39.8 Å². The molecule has 118 valence electrons. The summed E-state index contributed by atoms with van der Waals surface area (Å²) in [4.78, 5) is 28.7. The number of fused-ring (bicyclic) bond motifs is 1. The van der Waals surface area contributed by atoms with Gasteiger partial charge < -0.3 is 9.47 Å². The van der Waals surface area contributed by atoms with Crippen molar-refractivity contribution >= 4 is 34.7 Å². The zero-order chi connectivity index (χ0) is 16.5. The molecule has 0 aromatic carbocycles. The number of nitrogens with zero attached hydrogens (tertiary/aromatic N) is 2. The van der Waals surface area contributed by atoms with Gasteiger partial charge in [0, 0.05) is 11.6 Å². The highest BCUT2D eigenvalue weighted by molar-refractivity contribution is 6.39. The molecule has 6 nitrogen and oxygen atoms in total. The lowest BCUT2D eigenvalue weighted by atomic mass is 10.2. The van der Waals surface area contributed by atoms with E-state index >= 15 is 0 Å². The molecule has 0 N–H and O–H groups in total. The molecule has 0 saturated heterocycles. The predicted molar refractivity (Wildman–Crippen MR) is 82.3 cm³/mol. The summed E-state index contributed by atoms with van der Waals surface area (Å²) < 4.78 is 11.4. The number of carbonyl (C=O) groups excluding carboxylic acids is 2. The van der Waals surface area contributed by atoms with Crippen molar-refractivity contribution in [3.05, 3.63) is 29.0 Å². The Labute approximate surface area is 133 Å². The second kappa shape index (κ2) is 5.96. The van der Waals surface area contributed by atoms with Crippen LogP contribution in [0, 0.1) is 0 Å². The van der Waals surface area contributed by atoms with Crippen LogP contribution in [0.15, 0.2) is 18.3 Å². The van der Waals surface area contributed by atoms with Gasteiger partial charge >= 0.3 is 12.1 Å². The topological polar surface area (TPSA) is 70.4 Å². The molecule has 0 fully saturated rings. The number of hydrogen-bond acceptors (Lipinski definition) is 5. The van der Waals surface area contributed by atoms with Gasteiger partial charge in [0.15, 0.2) is 11.3 Å². The lowest BCUT2D eigenvalue weighted by molar-refractivity contribution is 0.0453. The van der Waals surface area contributed by atoms with Gasteiger partial charge in [-0.3, -0.25) is 0 Å². The van der Waals surface area contributed by atoms with E-state index < -0.39 is 17.7 Å². The molecular formula is C15H17ClN2O4. The quantitative estimate of drug-likeness (QED) is 0.788. The van der Waals surface area contributed by atoms with Crippen molar-refractivity contribution in [2.75, 3.05) is 6.61 Å². The SMILES string of the molecule is CCOC(=O)c1c(Cl)c2cccnc2n1C(=O)OC(C)(C)C. The van der Waals surface area contributed by atoms with E-state index in [0.717, 1.165) is 4.57 Å². The Morgan fingerprint density at radius 2 is 2.05 bits per heavy atom. The summed E-state index contributed by atoms with van der Waals surface area (Å²) in [6.07, 6.45) is 0.778. The molecule has 2 rings (SSSR count). The zero-order valence-electron chi connectivity index (χ0n) is 12.8. The highest BCUT2D eigenvalue weighted by Crippen LogP contribution is 2.30. The van der Waals surface area contributed by atoms with Gasteiger partial charge in [-0.15, -0.1) is 0 Å². The van der Waals surface area contributed by atoms with Crippen molar-refractivity contribution in [3.63, 3.8) is 0 Å². The molecule has 0 amide bonds. The number of halogens is 1. The Hall–Kier alpha value is -2.08. The van der Waals surface area contributed by atoms with Crippen LogP contribution in [-0.4, -0.2) is 33.8 Å². The Bertz CT molecular complexity index is 731. The normalized spacial score (nSPS) is 11.5. The number of rotatable bonds is 2. The third kappa shape index (κ3) is 3.06. The molecule has 0 spiro atoms. The summed E-state index contributed by atoms with van der Waals surface area (Å²) in [6.45, 7) is 7.03. The minimum absolute atomic E-state index is 0.0773. The summed E-state index contributed by atoms with van der Waals surface area (Å²) in [5.74, 6) is -0.698.